The molecule has 1 aliphatic heterocycles. The Bertz CT molecular complexity index is 676. The average Bonchev–Trinajstić information content (AvgIpc) is 3.05. The van der Waals surface area contributed by atoms with Gasteiger partial charge < -0.3 is 24.4 Å². The number of methoxy groups -OCH3 is 3. The smallest absolute Gasteiger partial charge is 0.305 e. The lowest BCUT2D eigenvalue weighted by atomic mass is 10.1. The van der Waals surface area contributed by atoms with Gasteiger partial charge in [0.1, 0.15) is 11.5 Å². The van der Waals surface area contributed by atoms with Crippen LogP contribution in [0.2, 0.25) is 0 Å². The van der Waals surface area contributed by atoms with Crippen LogP contribution in [0.25, 0.3) is 0 Å². The highest BCUT2D eigenvalue weighted by Gasteiger charge is 2.36. The Morgan fingerprint density at radius 2 is 2.00 bits per heavy atom. The van der Waals surface area contributed by atoms with Crippen molar-refractivity contribution in [3.8, 4) is 11.5 Å². The summed E-state index contributed by atoms with van der Waals surface area (Å²) in [4.78, 5) is 37.3. The highest BCUT2D eigenvalue weighted by atomic mass is 16.5. The number of anilines is 1. The zero-order chi connectivity index (χ0) is 19.1. The van der Waals surface area contributed by atoms with Crippen LogP contribution in [0.4, 0.5) is 5.69 Å². The van der Waals surface area contributed by atoms with E-state index in [9.17, 15) is 14.4 Å². The maximum Gasteiger partial charge on any atom is 0.305 e. The van der Waals surface area contributed by atoms with E-state index in [-0.39, 0.29) is 37.2 Å². The second kappa shape index (κ2) is 9.07. The molecular formula is C18H24N2O6. The first-order valence-corrected chi connectivity index (χ1v) is 8.37. The fraction of sp³-hybridized carbons (Fsp3) is 0.500. The van der Waals surface area contributed by atoms with E-state index in [0.29, 0.717) is 30.2 Å². The molecule has 0 aliphatic carbocycles. The van der Waals surface area contributed by atoms with Gasteiger partial charge >= 0.3 is 5.97 Å². The summed E-state index contributed by atoms with van der Waals surface area (Å²) in [5.41, 5.74) is 0.610. The number of nitrogens with one attached hydrogen (secondary N) is 1. The van der Waals surface area contributed by atoms with E-state index in [1.165, 1.54) is 14.2 Å². The molecule has 1 heterocycles. The van der Waals surface area contributed by atoms with E-state index in [1.807, 2.05) is 0 Å². The van der Waals surface area contributed by atoms with Crippen LogP contribution in [0.3, 0.4) is 0 Å². The number of carbonyl (C=O) groups is 3. The molecule has 1 aliphatic rings. The van der Waals surface area contributed by atoms with E-state index >= 15 is 0 Å². The van der Waals surface area contributed by atoms with Crippen molar-refractivity contribution in [3.63, 3.8) is 0 Å². The fourth-order valence-corrected chi connectivity index (χ4v) is 2.81. The van der Waals surface area contributed by atoms with Crippen molar-refractivity contribution in [3.05, 3.63) is 18.2 Å². The second-order valence-electron chi connectivity index (χ2n) is 5.91. The van der Waals surface area contributed by atoms with Crippen LogP contribution >= 0.6 is 0 Å². The van der Waals surface area contributed by atoms with Crippen molar-refractivity contribution in [1.29, 1.82) is 0 Å². The summed E-state index contributed by atoms with van der Waals surface area (Å²) in [6.07, 6.45) is 0.878. The fourth-order valence-electron chi connectivity index (χ4n) is 2.81. The van der Waals surface area contributed by atoms with Crippen LogP contribution in [0.1, 0.15) is 19.3 Å². The molecule has 8 heteroatoms. The minimum absolute atomic E-state index is 0.136. The monoisotopic (exact) mass is 364 g/mol. The Hall–Kier alpha value is -2.77. The van der Waals surface area contributed by atoms with E-state index < -0.39 is 5.92 Å². The maximum absolute atomic E-state index is 12.4. The predicted molar refractivity (Wildman–Crippen MR) is 94.3 cm³/mol. The average molecular weight is 364 g/mol. The summed E-state index contributed by atoms with van der Waals surface area (Å²) < 4.78 is 15.0. The quantitative estimate of drug-likeness (QED) is 0.549. The number of hydrogen-bond donors (Lipinski definition) is 1. The molecule has 142 valence electrons. The predicted octanol–water partition coefficient (Wildman–Crippen LogP) is 1.13. The Morgan fingerprint density at radius 1 is 1.23 bits per heavy atom. The normalized spacial score (nSPS) is 16.3. The van der Waals surface area contributed by atoms with Crippen LogP contribution in [-0.2, 0) is 19.1 Å². The van der Waals surface area contributed by atoms with Gasteiger partial charge in [0, 0.05) is 32.0 Å². The SMILES string of the molecule is COC(=O)CCCNC(=O)[C@@H]1CC(=O)N(c2ccc(OC)cc2OC)C1. The van der Waals surface area contributed by atoms with Crippen LogP contribution in [0.5, 0.6) is 11.5 Å². The Kier molecular flexibility index (Phi) is 6.82. The van der Waals surface area contributed by atoms with Gasteiger partial charge in [-0.1, -0.05) is 0 Å². The number of esters is 1. The number of rotatable bonds is 8. The third kappa shape index (κ3) is 4.65. The van der Waals surface area contributed by atoms with Gasteiger partial charge in [-0.25, -0.2) is 0 Å². The zero-order valence-electron chi connectivity index (χ0n) is 15.2. The molecule has 0 bridgehead atoms. The molecule has 2 rings (SSSR count). The number of benzene rings is 1. The molecule has 0 unspecified atom stereocenters. The van der Waals surface area contributed by atoms with E-state index in [4.69, 9.17) is 9.47 Å². The molecule has 26 heavy (non-hydrogen) atoms. The van der Waals surface area contributed by atoms with Gasteiger partial charge in [-0.05, 0) is 18.6 Å². The second-order valence-corrected chi connectivity index (χ2v) is 5.91. The van der Waals surface area contributed by atoms with Gasteiger partial charge in [-0.3, -0.25) is 14.4 Å². The summed E-state index contributed by atoms with van der Waals surface area (Å²) in [7, 11) is 4.40. The summed E-state index contributed by atoms with van der Waals surface area (Å²) in [5, 5.41) is 2.77. The molecule has 1 atom stereocenters. The third-order valence-electron chi connectivity index (χ3n) is 4.26. The molecule has 1 saturated heterocycles. The number of amides is 2. The molecule has 0 radical (unpaired) electrons. The number of ether oxygens (including phenoxy) is 3. The lowest BCUT2D eigenvalue weighted by molar-refractivity contribution is -0.140. The lowest BCUT2D eigenvalue weighted by Gasteiger charge is -2.20. The molecule has 1 aromatic rings. The lowest BCUT2D eigenvalue weighted by Crippen LogP contribution is -2.33. The summed E-state index contributed by atoms with van der Waals surface area (Å²) >= 11 is 0. The molecule has 1 N–H and O–H groups in total. The maximum atomic E-state index is 12.4. The van der Waals surface area contributed by atoms with Crippen LogP contribution in [0, 0.1) is 5.92 Å². The summed E-state index contributed by atoms with van der Waals surface area (Å²) in [6.45, 7) is 0.648. The van der Waals surface area contributed by atoms with Gasteiger partial charge in [0.05, 0.1) is 32.9 Å². The van der Waals surface area contributed by atoms with Crippen molar-refractivity contribution in [1.82, 2.24) is 5.32 Å². The first-order chi connectivity index (χ1) is 12.5. The van der Waals surface area contributed by atoms with E-state index in [0.717, 1.165) is 0 Å². The molecule has 0 saturated carbocycles. The van der Waals surface area contributed by atoms with Crippen LogP contribution < -0.4 is 19.7 Å². The van der Waals surface area contributed by atoms with E-state index in [1.54, 1.807) is 30.2 Å². The molecular weight excluding hydrogens is 340 g/mol. The van der Waals surface area contributed by atoms with E-state index in [2.05, 4.69) is 10.1 Å². The Labute approximate surface area is 152 Å². The Balaban J connectivity index is 1.95. The van der Waals surface area contributed by atoms with Crippen molar-refractivity contribution < 1.29 is 28.6 Å². The van der Waals surface area contributed by atoms with Crippen molar-refractivity contribution in [2.24, 2.45) is 5.92 Å². The number of nitrogens with zero attached hydrogens (tertiary/aromatic N) is 1. The summed E-state index contributed by atoms with van der Waals surface area (Å²) in [5.74, 6) is 0.0517. The van der Waals surface area contributed by atoms with Crippen molar-refractivity contribution in [2.45, 2.75) is 19.3 Å². The molecule has 1 fully saturated rings. The first kappa shape index (κ1) is 19.6. The largest absolute Gasteiger partial charge is 0.497 e. The van der Waals surface area contributed by atoms with Crippen LogP contribution in [0.15, 0.2) is 18.2 Å². The zero-order valence-corrected chi connectivity index (χ0v) is 15.2. The molecule has 0 aromatic heterocycles. The minimum Gasteiger partial charge on any atom is -0.497 e. The van der Waals surface area contributed by atoms with Crippen molar-refractivity contribution in [2.75, 3.05) is 39.3 Å². The van der Waals surface area contributed by atoms with Gasteiger partial charge in [0.25, 0.3) is 0 Å². The van der Waals surface area contributed by atoms with Crippen LogP contribution in [-0.4, -0.2) is 52.2 Å². The van der Waals surface area contributed by atoms with Crippen molar-refractivity contribution >= 4 is 23.5 Å². The highest BCUT2D eigenvalue weighted by molar-refractivity contribution is 6.01. The Morgan fingerprint density at radius 3 is 2.65 bits per heavy atom. The molecule has 8 nitrogen and oxygen atoms in total. The summed E-state index contributed by atoms with van der Waals surface area (Å²) in [6, 6.07) is 5.18. The first-order valence-electron chi connectivity index (χ1n) is 8.37. The number of hydrogen-bond acceptors (Lipinski definition) is 6. The van der Waals surface area contributed by atoms with Gasteiger partial charge in [-0.15, -0.1) is 0 Å². The molecule has 0 spiro atoms. The van der Waals surface area contributed by atoms with Gasteiger partial charge in [-0.2, -0.15) is 0 Å². The van der Waals surface area contributed by atoms with Gasteiger partial charge in [0.15, 0.2) is 0 Å². The highest BCUT2D eigenvalue weighted by Crippen LogP contribution is 2.35. The molecule has 1 aromatic carbocycles. The standard InChI is InChI=1S/C18H24N2O6/c1-24-13-6-7-14(15(10-13)25-2)20-11-12(9-16(20)21)18(23)19-8-4-5-17(22)26-3/h6-7,10,12H,4-5,8-9,11H2,1-3H3,(H,19,23)/t12-/m1/s1. The number of carbonyl (C=O) groups excluding carboxylic acids is 3. The molecule has 2 amide bonds. The minimum atomic E-state index is -0.438. The topological polar surface area (TPSA) is 94.2 Å². The third-order valence-corrected chi connectivity index (χ3v) is 4.26. The van der Waals surface area contributed by atoms with Gasteiger partial charge in [0.2, 0.25) is 11.8 Å².